The summed E-state index contributed by atoms with van der Waals surface area (Å²) in [6, 6.07) is 0. The van der Waals surface area contributed by atoms with Crippen LogP contribution in [0.1, 0.15) is 40.5 Å². The molecule has 0 N–H and O–H groups in total. The number of likely N-dealkylation sites (tertiary alicyclic amines) is 1. The van der Waals surface area contributed by atoms with E-state index in [1.54, 1.807) is 4.90 Å². The van der Waals surface area contributed by atoms with Gasteiger partial charge in [-0.1, -0.05) is 0 Å². The number of ether oxygens (including phenoxy) is 2. The van der Waals surface area contributed by atoms with Crippen LogP contribution >= 0.6 is 0 Å². The summed E-state index contributed by atoms with van der Waals surface area (Å²) in [7, 11) is 0. The zero-order valence-electron chi connectivity index (χ0n) is 13.5. The predicted octanol–water partition coefficient (Wildman–Crippen LogP) is 1.63. The average Bonchev–Trinajstić information content (AvgIpc) is 2.40. The van der Waals surface area contributed by atoms with Gasteiger partial charge in [-0.3, -0.25) is 4.79 Å². The molecule has 0 aromatic rings. The van der Waals surface area contributed by atoms with E-state index >= 15 is 0 Å². The van der Waals surface area contributed by atoms with Gasteiger partial charge in [-0.25, -0.2) is 4.79 Å². The Labute approximate surface area is 126 Å². The first kappa shape index (κ1) is 16.1. The minimum atomic E-state index is -0.473. The smallest absolute Gasteiger partial charge is 0.410 e. The zero-order valence-corrected chi connectivity index (χ0v) is 13.5. The van der Waals surface area contributed by atoms with Crippen LogP contribution < -0.4 is 0 Å². The standard InChI is InChI=1S/C15H26N2O4/c1-5-16-11-15(20-10-12(16)18)6-8-17(9-7-15)13(19)21-14(2,3)4/h5-11H2,1-4H3. The van der Waals surface area contributed by atoms with Gasteiger partial charge in [0.05, 0.1) is 5.60 Å². The molecule has 0 bridgehead atoms. The van der Waals surface area contributed by atoms with Crippen LogP contribution in [-0.4, -0.2) is 65.8 Å². The number of hydrogen-bond donors (Lipinski definition) is 0. The number of rotatable bonds is 1. The van der Waals surface area contributed by atoms with Gasteiger partial charge in [0.1, 0.15) is 12.2 Å². The highest BCUT2D eigenvalue weighted by Gasteiger charge is 2.43. The van der Waals surface area contributed by atoms with E-state index in [-0.39, 0.29) is 24.2 Å². The van der Waals surface area contributed by atoms with Crippen LogP contribution in [0.2, 0.25) is 0 Å². The highest BCUT2D eigenvalue weighted by molar-refractivity contribution is 5.78. The molecule has 0 aromatic carbocycles. The fourth-order valence-electron chi connectivity index (χ4n) is 2.80. The van der Waals surface area contributed by atoms with Gasteiger partial charge in [-0.2, -0.15) is 0 Å². The molecule has 2 amide bonds. The largest absolute Gasteiger partial charge is 0.444 e. The second kappa shape index (κ2) is 5.83. The van der Waals surface area contributed by atoms with Crippen LogP contribution in [0.4, 0.5) is 4.79 Å². The maximum atomic E-state index is 12.1. The minimum Gasteiger partial charge on any atom is -0.444 e. The first-order valence-corrected chi connectivity index (χ1v) is 7.64. The van der Waals surface area contributed by atoms with Gasteiger partial charge >= 0.3 is 6.09 Å². The number of carbonyl (C=O) groups is 2. The summed E-state index contributed by atoms with van der Waals surface area (Å²) in [5.74, 6) is 0.0534. The summed E-state index contributed by atoms with van der Waals surface area (Å²) >= 11 is 0. The van der Waals surface area contributed by atoms with E-state index in [0.29, 0.717) is 26.2 Å². The molecular weight excluding hydrogens is 272 g/mol. The highest BCUT2D eigenvalue weighted by Crippen LogP contribution is 2.31. The molecule has 0 saturated carbocycles. The summed E-state index contributed by atoms with van der Waals surface area (Å²) in [4.78, 5) is 27.3. The number of likely N-dealkylation sites (N-methyl/N-ethyl adjacent to an activating group) is 1. The third-order valence-electron chi connectivity index (χ3n) is 4.04. The third kappa shape index (κ3) is 3.87. The Bertz CT molecular complexity index is 408. The molecule has 0 aliphatic carbocycles. The maximum Gasteiger partial charge on any atom is 0.410 e. The number of nitrogens with zero attached hydrogens (tertiary/aromatic N) is 2. The first-order valence-electron chi connectivity index (χ1n) is 7.64. The summed E-state index contributed by atoms with van der Waals surface area (Å²) in [5.41, 5.74) is -0.762. The molecule has 2 rings (SSSR count). The highest BCUT2D eigenvalue weighted by atomic mass is 16.6. The molecule has 0 atom stereocenters. The van der Waals surface area contributed by atoms with Gasteiger partial charge in [-0.05, 0) is 40.5 Å². The third-order valence-corrected chi connectivity index (χ3v) is 4.04. The number of carbonyl (C=O) groups excluding carboxylic acids is 2. The molecule has 0 radical (unpaired) electrons. The van der Waals surface area contributed by atoms with E-state index in [2.05, 4.69) is 0 Å². The van der Waals surface area contributed by atoms with Gasteiger partial charge in [-0.15, -0.1) is 0 Å². The van der Waals surface area contributed by atoms with Crippen LogP contribution in [-0.2, 0) is 14.3 Å². The van der Waals surface area contributed by atoms with Crippen molar-refractivity contribution >= 4 is 12.0 Å². The Morgan fingerprint density at radius 2 is 1.95 bits per heavy atom. The fraction of sp³-hybridized carbons (Fsp3) is 0.867. The van der Waals surface area contributed by atoms with Gasteiger partial charge in [0.15, 0.2) is 0 Å². The van der Waals surface area contributed by atoms with Crippen molar-refractivity contribution in [2.45, 2.75) is 51.7 Å². The molecule has 21 heavy (non-hydrogen) atoms. The Morgan fingerprint density at radius 1 is 1.33 bits per heavy atom. The van der Waals surface area contributed by atoms with E-state index in [1.165, 1.54) is 0 Å². The topological polar surface area (TPSA) is 59.1 Å². The van der Waals surface area contributed by atoms with Crippen molar-refractivity contribution in [1.82, 2.24) is 9.80 Å². The first-order chi connectivity index (χ1) is 9.75. The second-order valence-corrected chi connectivity index (χ2v) is 6.85. The fourth-order valence-corrected chi connectivity index (χ4v) is 2.80. The normalized spacial score (nSPS) is 22.6. The van der Waals surface area contributed by atoms with E-state index in [0.717, 1.165) is 12.8 Å². The van der Waals surface area contributed by atoms with Crippen molar-refractivity contribution in [2.24, 2.45) is 0 Å². The molecule has 0 unspecified atom stereocenters. The van der Waals surface area contributed by atoms with E-state index in [4.69, 9.17) is 9.47 Å². The molecule has 2 heterocycles. The number of morpholine rings is 1. The molecular formula is C15H26N2O4. The van der Waals surface area contributed by atoms with Crippen molar-refractivity contribution in [3.63, 3.8) is 0 Å². The van der Waals surface area contributed by atoms with Gasteiger partial charge < -0.3 is 19.3 Å². The molecule has 2 saturated heterocycles. The summed E-state index contributed by atoms with van der Waals surface area (Å²) < 4.78 is 11.2. The van der Waals surface area contributed by atoms with Crippen LogP contribution in [0.25, 0.3) is 0 Å². The second-order valence-electron chi connectivity index (χ2n) is 6.85. The quantitative estimate of drug-likeness (QED) is 0.738. The van der Waals surface area contributed by atoms with Crippen LogP contribution in [0.3, 0.4) is 0 Å². The van der Waals surface area contributed by atoms with E-state index in [9.17, 15) is 9.59 Å². The summed E-state index contributed by atoms with van der Waals surface area (Å²) in [6.45, 7) is 10.3. The number of amides is 2. The molecule has 1 spiro atoms. The van der Waals surface area contributed by atoms with Gasteiger partial charge in [0.2, 0.25) is 5.91 Å². The molecule has 0 aromatic heterocycles. The van der Waals surface area contributed by atoms with Crippen LogP contribution in [0, 0.1) is 0 Å². The number of piperidine rings is 1. The Kier molecular flexibility index (Phi) is 4.46. The minimum absolute atomic E-state index is 0.0534. The van der Waals surface area contributed by atoms with Crippen molar-refractivity contribution < 1.29 is 19.1 Å². The van der Waals surface area contributed by atoms with E-state index < -0.39 is 5.60 Å². The SMILES string of the molecule is CCN1CC2(CCN(C(=O)OC(C)(C)C)CC2)OCC1=O. The van der Waals surface area contributed by atoms with Crippen molar-refractivity contribution in [1.29, 1.82) is 0 Å². The zero-order chi connectivity index (χ0) is 15.7. The van der Waals surface area contributed by atoms with Gasteiger partial charge in [0, 0.05) is 26.2 Å². The number of hydrogen-bond acceptors (Lipinski definition) is 4. The Hall–Kier alpha value is -1.30. The maximum absolute atomic E-state index is 12.1. The van der Waals surface area contributed by atoms with Gasteiger partial charge in [0.25, 0.3) is 0 Å². The Balaban J connectivity index is 1.91. The van der Waals surface area contributed by atoms with Crippen LogP contribution in [0.5, 0.6) is 0 Å². The summed E-state index contributed by atoms with van der Waals surface area (Å²) in [5, 5.41) is 0. The average molecular weight is 298 g/mol. The molecule has 2 aliphatic rings. The van der Waals surface area contributed by atoms with E-state index in [1.807, 2.05) is 32.6 Å². The monoisotopic (exact) mass is 298 g/mol. The molecule has 6 nitrogen and oxygen atoms in total. The van der Waals surface area contributed by atoms with Crippen molar-refractivity contribution in [3.8, 4) is 0 Å². The van der Waals surface area contributed by atoms with Crippen LogP contribution in [0.15, 0.2) is 0 Å². The lowest BCUT2D eigenvalue weighted by Crippen LogP contribution is -2.59. The summed E-state index contributed by atoms with van der Waals surface area (Å²) in [6.07, 6.45) is 1.23. The predicted molar refractivity (Wildman–Crippen MR) is 78.0 cm³/mol. The molecule has 6 heteroatoms. The lowest BCUT2D eigenvalue weighted by atomic mass is 9.89. The van der Waals surface area contributed by atoms with Crippen molar-refractivity contribution in [3.05, 3.63) is 0 Å². The molecule has 120 valence electrons. The Morgan fingerprint density at radius 3 is 2.48 bits per heavy atom. The molecule has 2 aliphatic heterocycles. The lowest BCUT2D eigenvalue weighted by molar-refractivity contribution is -0.170. The molecule has 2 fully saturated rings. The van der Waals surface area contributed by atoms with Crippen molar-refractivity contribution in [2.75, 3.05) is 32.8 Å². The lowest BCUT2D eigenvalue weighted by Gasteiger charge is -2.46.